The molecule has 26 heavy (non-hydrogen) atoms. The van der Waals surface area contributed by atoms with Crippen molar-refractivity contribution in [2.24, 2.45) is 0 Å². The van der Waals surface area contributed by atoms with Crippen molar-refractivity contribution in [3.63, 3.8) is 0 Å². The van der Waals surface area contributed by atoms with Crippen molar-refractivity contribution >= 4 is 34.9 Å². The van der Waals surface area contributed by atoms with E-state index in [1.165, 1.54) is 11.6 Å². The van der Waals surface area contributed by atoms with Crippen molar-refractivity contribution in [2.45, 2.75) is 10.6 Å². The Labute approximate surface area is 162 Å². The largest absolute Gasteiger partial charge is 0.478 e. The Morgan fingerprint density at radius 3 is 2.27 bits per heavy atom. The van der Waals surface area contributed by atoms with Gasteiger partial charge in [0, 0.05) is 21.7 Å². The quantitative estimate of drug-likeness (QED) is 0.411. The van der Waals surface area contributed by atoms with Gasteiger partial charge < -0.3 is 5.11 Å². The SMILES string of the molecule is O=C(O)/C=C(\c1ccccc1)c1cc(Cl)ccc1SCc1ccccc1. The lowest BCUT2D eigenvalue weighted by Gasteiger charge is -2.14. The van der Waals surface area contributed by atoms with Gasteiger partial charge in [0.1, 0.15) is 0 Å². The number of thioether (sulfide) groups is 1. The van der Waals surface area contributed by atoms with Gasteiger partial charge in [-0.15, -0.1) is 11.8 Å². The molecular formula is C22H17ClO2S. The summed E-state index contributed by atoms with van der Waals surface area (Å²) in [4.78, 5) is 12.4. The van der Waals surface area contributed by atoms with Gasteiger partial charge in [0.15, 0.2) is 0 Å². The molecule has 3 aromatic rings. The van der Waals surface area contributed by atoms with Gasteiger partial charge in [0.2, 0.25) is 0 Å². The molecule has 3 aromatic carbocycles. The first-order valence-electron chi connectivity index (χ1n) is 8.10. The van der Waals surface area contributed by atoms with E-state index in [1.807, 2.05) is 66.7 Å². The molecule has 0 aliphatic heterocycles. The fraction of sp³-hybridized carbons (Fsp3) is 0.0455. The molecule has 3 rings (SSSR count). The van der Waals surface area contributed by atoms with E-state index in [0.29, 0.717) is 10.6 Å². The molecule has 0 heterocycles. The molecule has 0 atom stereocenters. The first-order chi connectivity index (χ1) is 12.6. The molecule has 0 bridgehead atoms. The van der Waals surface area contributed by atoms with E-state index in [-0.39, 0.29) is 0 Å². The molecule has 4 heteroatoms. The van der Waals surface area contributed by atoms with Gasteiger partial charge in [0.25, 0.3) is 0 Å². The summed E-state index contributed by atoms with van der Waals surface area (Å²) in [6.45, 7) is 0. The van der Waals surface area contributed by atoms with Crippen LogP contribution in [0.3, 0.4) is 0 Å². The molecule has 0 spiro atoms. The average Bonchev–Trinajstić information content (AvgIpc) is 2.66. The lowest BCUT2D eigenvalue weighted by atomic mass is 9.97. The monoisotopic (exact) mass is 380 g/mol. The van der Waals surface area contributed by atoms with Gasteiger partial charge in [-0.25, -0.2) is 4.79 Å². The van der Waals surface area contributed by atoms with Crippen LogP contribution < -0.4 is 0 Å². The average molecular weight is 381 g/mol. The summed E-state index contributed by atoms with van der Waals surface area (Å²) in [6, 6.07) is 25.3. The van der Waals surface area contributed by atoms with Crippen LogP contribution in [0.1, 0.15) is 16.7 Å². The molecule has 0 saturated heterocycles. The van der Waals surface area contributed by atoms with E-state index >= 15 is 0 Å². The van der Waals surface area contributed by atoms with Gasteiger partial charge in [-0.3, -0.25) is 0 Å². The number of carbonyl (C=O) groups is 1. The molecule has 130 valence electrons. The number of rotatable bonds is 6. The smallest absolute Gasteiger partial charge is 0.328 e. The minimum absolute atomic E-state index is 0.580. The minimum atomic E-state index is -0.983. The maximum absolute atomic E-state index is 11.4. The third-order valence-corrected chi connectivity index (χ3v) is 5.20. The second-order valence-electron chi connectivity index (χ2n) is 5.68. The van der Waals surface area contributed by atoms with E-state index < -0.39 is 5.97 Å². The molecule has 1 N–H and O–H groups in total. The molecule has 0 aliphatic rings. The third-order valence-electron chi connectivity index (χ3n) is 3.82. The first-order valence-corrected chi connectivity index (χ1v) is 9.46. The standard InChI is InChI=1S/C22H17ClO2S/c23-18-11-12-21(26-15-16-7-3-1-4-8-16)20(13-18)19(14-22(24)25)17-9-5-2-6-10-17/h1-14H,15H2,(H,24,25)/b19-14+. The predicted octanol–water partition coefficient (Wildman–Crippen LogP) is 6.15. The zero-order chi connectivity index (χ0) is 18.4. The number of hydrogen-bond acceptors (Lipinski definition) is 2. The number of hydrogen-bond donors (Lipinski definition) is 1. The number of benzene rings is 3. The normalized spacial score (nSPS) is 11.3. The molecule has 0 radical (unpaired) electrons. The summed E-state index contributed by atoms with van der Waals surface area (Å²) in [6.07, 6.45) is 1.24. The van der Waals surface area contributed by atoms with Gasteiger partial charge in [0.05, 0.1) is 0 Å². The molecule has 0 unspecified atom stereocenters. The zero-order valence-corrected chi connectivity index (χ0v) is 15.5. The molecule has 0 fully saturated rings. The van der Waals surface area contributed by atoms with Crippen LogP contribution in [0.15, 0.2) is 89.8 Å². The van der Waals surface area contributed by atoms with Crippen molar-refractivity contribution in [3.8, 4) is 0 Å². The molecular weight excluding hydrogens is 364 g/mol. The zero-order valence-electron chi connectivity index (χ0n) is 13.9. The topological polar surface area (TPSA) is 37.3 Å². The lowest BCUT2D eigenvalue weighted by Crippen LogP contribution is -1.97. The van der Waals surface area contributed by atoms with Gasteiger partial charge >= 0.3 is 5.97 Å². The Morgan fingerprint density at radius 2 is 1.62 bits per heavy atom. The highest BCUT2D eigenvalue weighted by atomic mass is 35.5. The summed E-state index contributed by atoms with van der Waals surface area (Å²) < 4.78 is 0. The van der Waals surface area contributed by atoms with Crippen LogP contribution in [0, 0.1) is 0 Å². The molecule has 0 aliphatic carbocycles. The summed E-state index contributed by atoms with van der Waals surface area (Å²) in [5.41, 5.74) is 3.53. The van der Waals surface area contributed by atoms with Crippen LogP contribution in [0.5, 0.6) is 0 Å². The first kappa shape index (κ1) is 18.3. The lowest BCUT2D eigenvalue weighted by molar-refractivity contribution is -0.131. The van der Waals surface area contributed by atoms with Crippen molar-refractivity contribution in [3.05, 3.63) is 107 Å². The van der Waals surface area contributed by atoms with E-state index in [2.05, 4.69) is 12.1 Å². The highest BCUT2D eigenvalue weighted by molar-refractivity contribution is 7.98. The van der Waals surface area contributed by atoms with Crippen molar-refractivity contribution in [1.82, 2.24) is 0 Å². The van der Waals surface area contributed by atoms with Crippen LogP contribution in [0.2, 0.25) is 5.02 Å². The number of carboxylic acid groups (broad SMARTS) is 1. The number of carboxylic acids is 1. The highest BCUT2D eigenvalue weighted by Crippen LogP contribution is 2.35. The van der Waals surface area contributed by atoms with Crippen LogP contribution >= 0.6 is 23.4 Å². The molecule has 2 nitrogen and oxygen atoms in total. The predicted molar refractivity (Wildman–Crippen MR) is 109 cm³/mol. The minimum Gasteiger partial charge on any atom is -0.478 e. The van der Waals surface area contributed by atoms with E-state index in [9.17, 15) is 9.90 Å². The fourth-order valence-corrected chi connectivity index (χ4v) is 3.81. The summed E-state index contributed by atoms with van der Waals surface area (Å²) in [5.74, 6) is -0.187. The van der Waals surface area contributed by atoms with Gasteiger partial charge in [-0.2, -0.15) is 0 Å². The Bertz CT molecular complexity index is 921. The molecule has 0 aromatic heterocycles. The van der Waals surface area contributed by atoms with E-state index in [4.69, 9.17) is 11.6 Å². The van der Waals surface area contributed by atoms with Gasteiger partial charge in [-0.05, 0) is 40.5 Å². The second kappa shape index (κ2) is 8.75. The molecule has 0 amide bonds. The Balaban J connectivity index is 2.01. The number of halogens is 1. The van der Waals surface area contributed by atoms with E-state index in [0.717, 1.165) is 21.8 Å². The van der Waals surface area contributed by atoms with Crippen molar-refractivity contribution in [1.29, 1.82) is 0 Å². The van der Waals surface area contributed by atoms with Crippen LogP contribution in [-0.2, 0) is 10.5 Å². The second-order valence-corrected chi connectivity index (χ2v) is 7.13. The Kier molecular flexibility index (Phi) is 6.16. The van der Waals surface area contributed by atoms with E-state index in [1.54, 1.807) is 11.8 Å². The summed E-state index contributed by atoms with van der Waals surface area (Å²) in [5, 5.41) is 9.94. The van der Waals surface area contributed by atoms with Gasteiger partial charge in [-0.1, -0.05) is 72.3 Å². The highest BCUT2D eigenvalue weighted by Gasteiger charge is 2.13. The maximum atomic E-state index is 11.4. The van der Waals surface area contributed by atoms with Crippen LogP contribution in [-0.4, -0.2) is 11.1 Å². The number of aliphatic carboxylic acids is 1. The Morgan fingerprint density at radius 1 is 0.962 bits per heavy atom. The van der Waals surface area contributed by atoms with Crippen LogP contribution in [0.25, 0.3) is 5.57 Å². The van der Waals surface area contributed by atoms with Crippen molar-refractivity contribution in [2.75, 3.05) is 0 Å². The van der Waals surface area contributed by atoms with Crippen molar-refractivity contribution < 1.29 is 9.90 Å². The molecule has 0 saturated carbocycles. The summed E-state index contributed by atoms with van der Waals surface area (Å²) in [7, 11) is 0. The maximum Gasteiger partial charge on any atom is 0.328 e. The summed E-state index contributed by atoms with van der Waals surface area (Å²) >= 11 is 7.88. The Hall–Kier alpha value is -2.49. The third kappa shape index (κ3) is 4.78. The van der Waals surface area contributed by atoms with Crippen LogP contribution in [0.4, 0.5) is 0 Å². The fourth-order valence-electron chi connectivity index (χ4n) is 2.63.